The molecule has 0 heterocycles. The van der Waals surface area contributed by atoms with Crippen molar-refractivity contribution in [2.24, 2.45) is 0 Å². The number of rotatable bonds is 9. The molecule has 4 nitrogen and oxygen atoms in total. The first-order valence-corrected chi connectivity index (χ1v) is 10.5. The van der Waals surface area contributed by atoms with Crippen LogP contribution in [0.15, 0.2) is 71.2 Å². The molecule has 8 heteroatoms. The van der Waals surface area contributed by atoms with Crippen LogP contribution in [0, 0.1) is 0 Å². The Kier molecular flexibility index (Phi) is 8.25. The lowest BCUT2D eigenvalue weighted by molar-refractivity contribution is -0.0498. The number of allylic oxidation sites excluding steroid dienone is 1. The van der Waals surface area contributed by atoms with Crippen LogP contribution in [0.25, 0.3) is 6.08 Å². The number of hydrogen-bond donors (Lipinski definition) is 0. The van der Waals surface area contributed by atoms with Crippen LogP contribution in [0.2, 0.25) is 5.02 Å². The zero-order valence-electron chi connectivity index (χ0n) is 16.9. The van der Waals surface area contributed by atoms with E-state index in [2.05, 4.69) is 20.7 Å². The molecule has 3 aromatic carbocycles. The molecule has 166 valence electrons. The van der Waals surface area contributed by atoms with Crippen molar-refractivity contribution in [2.75, 3.05) is 7.11 Å². The number of ether oxygens (including phenoxy) is 3. The lowest BCUT2D eigenvalue weighted by Gasteiger charge is -2.12. The van der Waals surface area contributed by atoms with Gasteiger partial charge in [-0.25, -0.2) is 0 Å². The van der Waals surface area contributed by atoms with Gasteiger partial charge in [-0.2, -0.15) is 8.78 Å². The van der Waals surface area contributed by atoms with E-state index in [0.29, 0.717) is 22.1 Å². The van der Waals surface area contributed by atoms with Crippen LogP contribution in [-0.2, 0) is 6.61 Å². The fourth-order valence-corrected chi connectivity index (χ4v) is 3.56. The Hall–Kier alpha value is -2.90. The van der Waals surface area contributed by atoms with Crippen molar-refractivity contribution in [1.29, 1.82) is 0 Å². The minimum absolute atomic E-state index is 0.00815. The van der Waals surface area contributed by atoms with Gasteiger partial charge in [0.15, 0.2) is 5.78 Å². The smallest absolute Gasteiger partial charge is 0.387 e. The van der Waals surface area contributed by atoms with Gasteiger partial charge in [-0.05, 0) is 66.2 Å². The van der Waals surface area contributed by atoms with Crippen molar-refractivity contribution in [1.82, 2.24) is 0 Å². The van der Waals surface area contributed by atoms with E-state index in [4.69, 9.17) is 21.1 Å². The Morgan fingerprint density at radius 1 is 1.06 bits per heavy atom. The first-order valence-electron chi connectivity index (χ1n) is 9.38. The summed E-state index contributed by atoms with van der Waals surface area (Å²) >= 11 is 9.55. The summed E-state index contributed by atoms with van der Waals surface area (Å²) in [5.41, 5.74) is 1.89. The van der Waals surface area contributed by atoms with Crippen LogP contribution >= 0.6 is 27.5 Å². The van der Waals surface area contributed by atoms with E-state index in [1.165, 1.54) is 30.3 Å². The van der Waals surface area contributed by atoms with Crippen LogP contribution in [0.4, 0.5) is 8.78 Å². The quantitative estimate of drug-likeness (QED) is 0.220. The van der Waals surface area contributed by atoms with Crippen molar-refractivity contribution in [3.8, 4) is 17.2 Å². The second-order valence-electron chi connectivity index (χ2n) is 6.54. The number of hydrogen-bond acceptors (Lipinski definition) is 4. The zero-order chi connectivity index (χ0) is 23.1. The number of methoxy groups -OCH3 is 1. The number of alkyl halides is 2. The molecule has 0 atom stereocenters. The number of benzene rings is 3. The second kappa shape index (κ2) is 11.1. The van der Waals surface area contributed by atoms with Gasteiger partial charge in [-0.15, -0.1) is 0 Å². The molecule has 0 N–H and O–H groups in total. The summed E-state index contributed by atoms with van der Waals surface area (Å²) in [5, 5.41) is 0.477. The molecule has 3 rings (SSSR count). The summed E-state index contributed by atoms with van der Waals surface area (Å²) in [6, 6.07) is 16.3. The topological polar surface area (TPSA) is 44.8 Å². The largest absolute Gasteiger partial charge is 0.496 e. The molecule has 0 aliphatic heterocycles. The van der Waals surface area contributed by atoms with Gasteiger partial charge in [0.05, 0.1) is 12.1 Å². The highest BCUT2D eigenvalue weighted by Gasteiger charge is 2.09. The highest BCUT2D eigenvalue weighted by Crippen LogP contribution is 2.30. The molecule has 3 aromatic rings. The maximum Gasteiger partial charge on any atom is 0.387 e. The summed E-state index contributed by atoms with van der Waals surface area (Å²) in [7, 11) is 1.56. The minimum Gasteiger partial charge on any atom is -0.496 e. The molecule has 0 aliphatic carbocycles. The van der Waals surface area contributed by atoms with Crippen molar-refractivity contribution < 1.29 is 27.8 Å². The highest BCUT2D eigenvalue weighted by molar-refractivity contribution is 9.10. The van der Waals surface area contributed by atoms with Crippen LogP contribution in [0.3, 0.4) is 0 Å². The summed E-state index contributed by atoms with van der Waals surface area (Å²) in [6.07, 6.45) is 3.06. The summed E-state index contributed by atoms with van der Waals surface area (Å²) in [4.78, 5) is 12.4. The molecule has 0 aliphatic rings. The SMILES string of the molecule is COc1ccc(/C=C/C(=O)c2ccc(OC(F)F)cc2)cc1COc1ccc(Br)cc1Cl. The molecule has 0 radical (unpaired) electrons. The maximum atomic E-state index is 12.4. The van der Waals surface area contributed by atoms with E-state index in [1.54, 1.807) is 37.5 Å². The van der Waals surface area contributed by atoms with Gasteiger partial charge in [0.1, 0.15) is 23.9 Å². The molecule has 32 heavy (non-hydrogen) atoms. The minimum atomic E-state index is -2.91. The van der Waals surface area contributed by atoms with Gasteiger partial charge in [0.2, 0.25) is 0 Å². The van der Waals surface area contributed by atoms with Crippen LogP contribution in [0.5, 0.6) is 17.2 Å². The van der Waals surface area contributed by atoms with Gasteiger partial charge >= 0.3 is 6.61 Å². The van der Waals surface area contributed by atoms with Crippen LogP contribution in [-0.4, -0.2) is 19.5 Å². The number of carbonyl (C=O) groups is 1. The van der Waals surface area contributed by atoms with Crippen LogP contribution in [0.1, 0.15) is 21.5 Å². The molecule has 0 amide bonds. The lowest BCUT2D eigenvalue weighted by Crippen LogP contribution is -2.02. The van der Waals surface area contributed by atoms with Gasteiger partial charge in [-0.1, -0.05) is 39.7 Å². The number of ketones is 1. The van der Waals surface area contributed by atoms with E-state index in [0.717, 1.165) is 15.6 Å². The Bertz CT molecular complexity index is 1120. The molecule has 0 spiro atoms. The molecule has 0 unspecified atom stereocenters. The van der Waals surface area contributed by atoms with E-state index in [-0.39, 0.29) is 18.1 Å². The van der Waals surface area contributed by atoms with Gasteiger partial charge in [0, 0.05) is 15.6 Å². The fraction of sp³-hybridized carbons (Fsp3) is 0.125. The Morgan fingerprint density at radius 2 is 1.78 bits per heavy atom. The number of halogens is 4. The average Bonchev–Trinajstić information content (AvgIpc) is 2.77. The number of carbonyl (C=O) groups excluding carboxylic acids is 1. The summed E-state index contributed by atoms with van der Waals surface area (Å²) < 4.78 is 40.8. The average molecular weight is 524 g/mol. The van der Waals surface area contributed by atoms with E-state index >= 15 is 0 Å². The first-order chi connectivity index (χ1) is 15.4. The maximum absolute atomic E-state index is 12.4. The van der Waals surface area contributed by atoms with Crippen molar-refractivity contribution in [3.63, 3.8) is 0 Å². The molecule has 0 bridgehead atoms. The zero-order valence-corrected chi connectivity index (χ0v) is 19.2. The third kappa shape index (κ3) is 6.55. The lowest BCUT2D eigenvalue weighted by atomic mass is 10.1. The third-order valence-electron chi connectivity index (χ3n) is 4.37. The monoisotopic (exact) mass is 522 g/mol. The fourth-order valence-electron chi connectivity index (χ4n) is 2.83. The van der Waals surface area contributed by atoms with Gasteiger partial charge in [0.25, 0.3) is 0 Å². The van der Waals surface area contributed by atoms with Crippen molar-refractivity contribution >= 4 is 39.4 Å². The van der Waals surface area contributed by atoms with Crippen molar-refractivity contribution in [3.05, 3.63) is 92.9 Å². The molecule has 0 saturated heterocycles. The molecule has 0 saturated carbocycles. The summed E-state index contributed by atoms with van der Waals surface area (Å²) in [5.74, 6) is 0.888. The highest BCUT2D eigenvalue weighted by atomic mass is 79.9. The van der Waals surface area contributed by atoms with E-state index in [9.17, 15) is 13.6 Å². The van der Waals surface area contributed by atoms with Crippen LogP contribution < -0.4 is 14.2 Å². The van der Waals surface area contributed by atoms with E-state index < -0.39 is 6.61 Å². The second-order valence-corrected chi connectivity index (χ2v) is 7.86. The Morgan fingerprint density at radius 3 is 2.44 bits per heavy atom. The molecular weight excluding hydrogens is 506 g/mol. The Balaban J connectivity index is 1.71. The van der Waals surface area contributed by atoms with Crippen molar-refractivity contribution in [2.45, 2.75) is 13.2 Å². The predicted octanol–water partition coefficient (Wildman–Crippen LogP) is 7.19. The predicted molar refractivity (Wildman–Crippen MR) is 123 cm³/mol. The molecule has 0 fully saturated rings. The molecular formula is C24H18BrClF2O4. The standard InChI is InChI=1S/C24H18BrClF2O4/c1-30-22-10-3-15(12-17(22)14-31-23-11-6-18(25)13-20(23)26)2-9-21(29)16-4-7-19(8-5-16)32-24(27)28/h2-13,24H,14H2,1H3/b9-2+. The van der Waals surface area contributed by atoms with Gasteiger partial charge < -0.3 is 14.2 Å². The van der Waals surface area contributed by atoms with Gasteiger partial charge in [-0.3, -0.25) is 4.79 Å². The normalized spacial score (nSPS) is 11.1. The Labute approximate surface area is 197 Å². The first kappa shape index (κ1) is 23.8. The molecule has 0 aromatic heterocycles. The van der Waals surface area contributed by atoms with E-state index in [1.807, 2.05) is 12.1 Å². The third-order valence-corrected chi connectivity index (χ3v) is 5.16. The summed E-state index contributed by atoms with van der Waals surface area (Å²) in [6.45, 7) is -2.70.